The van der Waals surface area contributed by atoms with E-state index >= 15 is 0 Å². The fraction of sp³-hybridized carbons (Fsp3) is 0.550. The van der Waals surface area contributed by atoms with Gasteiger partial charge in [-0.3, -0.25) is 24.0 Å². The van der Waals surface area contributed by atoms with Crippen LogP contribution in [0.4, 0.5) is 0 Å². The van der Waals surface area contributed by atoms with Crippen molar-refractivity contribution in [2.75, 3.05) is 20.7 Å². The van der Waals surface area contributed by atoms with Gasteiger partial charge in [0.2, 0.25) is 23.5 Å². The second kappa shape index (κ2) is 14.4. The lowest BCUT2D eigenvalue weighted by molar-refractivity contribution is -0.145. The van der Waals surface area contributed by atoms with Crippen molar-refractivity contribution >= 4 is 35.1 Å². The highest BCUT2D eigenvalue weighted by Crippen LogP contribution is 2.48. The molecule has 4 amide bonds. The number of oxime groups is 1. The molecule has 3 N–H and O–H groups in total. The third kappa shape index (κ3) is 7.71. The van der Waals surface area contributed by atoms with E-state index in [0.29, 0.717) is 25.0 Å². The number of hydrogen-bond acceptors (Lipinski definition) is 8. The Morgan fingerprint density at radius 3 is 2.29 bits per heavy atom. The summed E-state index contributed by atoms with van der Waals surface area (Å²) in [5.74, 6) is -1.83. The number of Topliss-reactive ketones (excluding diaryl/α,β-unsaturated/α-hetero) is 1. The number of benzene rings is 2. The quantitative estimate of drug-likeness (QED) is 0.284. The first-order chi connectivity index (χ1) is 24.6. The molecule has 2 saturated carbocycles. The molecular weight excluding hydrogens is 662 g/mol. The van der Waals surface area contributed by atoms with Gasteiger partial charge in [0.1, 0.15) is 17.8 Å². The van der Waals surface area contributed by atoms with Crippen molar-refractivity contribution in [1.82, 2.24) is 20.9 Å². The number of nitrogens with one attached hydrogen (secondary N) is 3. The van der Waals surface area contributed by atoms with Gasteiger partial charge in [0.15, 0.2) is 5.60 Å². The Hall–Kier alpha value is -4.74. The Morgan fingerprint density at radius 1 is 1.02 bits per heavy atom. The average Bonchev–Trinajstić information content (AvgIpc) is 4.03. The zero-order chi connectivity index (χ0) is 37.5. The van der Waals surface area contributed by atoms with Crippen molar-refractivity contribution in [3.05, 3.63) is 64.7 Å². The number of rotatable bonds is 12. The Balaban J connectivity index is 1.27. The standard InChI is InChI=1S/C40H51N5O7/c1-22-15-26(16-23(2)33(22)51-7)30-19-40(52-44-30)20-31(36(48)42-29(17-24-13-14-24)32(46)37(49)41-6)45(21-40)38(50)34(39(3,4)5)43-35(47)28-18-27(28)25-11-9-8-10-12-25/h8-12,15-16,24,27-29,31,34H,13-14,17-21H2,1-7H3,(H,41,49)(H,42,48)(H,43,47)/t27?,28?,29-,31-,34+,40+/m0/s1. The zero-order valence-electron chi connectivity index (χ0n) is 31.2. The number of methoxy groups -OCH3 is 1. The van der Waals surface area contributed by atoms with Gasteiger partial charge >= 0.3 is 0 Å². The van der Waals surface area contributed by atoms with E-state index in [9.17, 15) is 24.0 Å². The highest BCUT2D eigenvalue weighted by atomic mass is 16.7. The molecule has 52 heavy (non-hydrogen) atoms. The van der Waals surface area contributed by atoms with Gasteiger partial charge in [-0.25, -0.2) is 0 Å². The van der Waals surface area contributed by atoms with Crippen molar-refractivity contribution in [2.45, 2.75) is 103 Å². The maximum atomic E-state index is 14.7. The predicted octanol–water partition coefficient (Wildman–Crippen LogP) is 3.71. The van der Waals surface area contributed by atoms with Gasteiger partial charge in [-0.1, -0.05) is 69.1 Å². The molecule has 1 spiro atoms. The maximum Gasteiger partial charge on any atom is 0.289 e. The molecule has 2 aliphatic heterocycles. The van der Waals surface area contributed by atoms with Crippen molar-refractivity contribution in [1.29, 1.82) is 0 Å². The fourth-order valence-corrected chi connectivity index (χ4v) is 7.81. The van der Waals surface area contributed by atoms with Crippen molar-refractivity contribution in [2.24, 2.45) is 22.4 Å². The molecule has 6 rings (SSSR count). The summed E-state index contributed by atoms with van der Waals surface area (Å²) in [4.78, 5) is 75.8. The van der Waals surface area contributed by atoms with Crippen LogP contribution in [0.5, 0.6) is 5.75 Å². The monoisotopic (exact) mass is 713 g/mol. The van der Waals surface area contributed by atoms with Crippen LogP contribution in [0, 0.1) is 31.1 Å². The summed E-state index contributed by atoms with van der Waals surface area (Å²) in [7, 11) is 3.01. The number of carbonyl (C=O) groups excluding carboxylic acids is 5. The lowest BCUT2D eigenvalue weighted by Crippen LogP contribution is -2.59. The number of likely N-dealkylation sites (tertiary alicyclic amines) is 1. The van der Waals surface area contributed by atoms with Crippen LogP contribution < -0.4 is 20.7 Å². The van der Waals surface area contributed by atoms with Crippen LogP contribution in [0.15, 0.2) is 47.6 Å². The molecule has 0 radical (unpaired) electrons. The number of ether oxygens (including phenoxy) is 1. The first-order valence-corrected chi connectivity index (χ1v) is 18.3. The summed E-state index contributed by atoms with van der Waals surface area (Å²) in [6.07, 6.45) is 3.32. The van der Waals surface area contributed by atoms with E-state index in [0.717, 1.165) is 40.8 Å². The number of nitrogens with zero attached hydrogens (tertiary/aromatic N) is 2. The van der Waals surface area contributed by atoms with Crippen molar-refractivity contribution in [3.63, 3.8) is 0 Å². The number of ketones is 1. The zero-order valence-corrected chi connectivity index (χ0v) is 31.2. The summed E-state index contributed by atoms with van der Waals surface area (Å²) < 4.78 is 5.55. The molecule has 0 bridgehead atoms. The van der Waals surface area contributed by atoms with Gasteiger partial charge in [0, 0.05) is 31.4 Å². The van der Waals surface area contributed by atoms with Crippen LogP contribution in [0.25, 0.3) is 0 Å². The second-order valence-electron chi connectivity index (χ2n) is 16.2. The lowest BCUT2D eigenvalue weighted by Gasteiger charge is -2.35. The minimum atomic E-state index is -1.04. The summed E-state index contributed by atoms with van der Waals surface area (Å²) in [6.45, 7) is 9.61. The largest absolute Gasteiger partial charge is 0.496 e. The Morgan fingerprint density at radius 2 is 1.69 bits per heavy atom. The number of hydrogen-bond donors (Lipinski definition) is 3. The van der Waals surface area contributed by atoms with Gasteiger partial charge < -0.3 is 30.4 Å². The number of amides is 4. The van der Waals surface area contributed by atoms with E-state index < -0.39 is 52.6 Å². The third-order valence-corrected chi connectivity index (χ3v) is 10.9. The normalized spacial score (nSPS) is 24.7. The minimum Gasteiger partial charge on any atom is -0.496 e. The minimum absolute atomic E-state index is 0.0419. The maximum absolute atomic E-state index is 14.7. The molecule has 0 aromatic heterocycles. The van der Waals surface area contributed by atoms with Crippen LogP contribution in [-0.2, 0) is 28.8 Å². The highest BCUT2D eigenvalue weighted by molar-refractivity contribution is 6.38. The first kappa shape index (κ1) is 37.0. The first-order valence-electron chi connectivity index (χ1n) is 18.3. The van der Waals surface area contributed by atoms with E-state index in [2.05, 4.69) is 21.1 Å². The van der Waals surface area contributed by atoms with E-state index in [1.54, 1.807) is 7.11 Å². The summed E-state index contributed by atoms with van der Waals surface area (Å²) in [6, 6.07) is 10.8. The van der Waals surface area contributed by atoms with Gasteiger partial charge in [0.25, 0.3) is 5.91 Å². The SMILES string of the molecule is CNC(=O)C(=O)[C@H](CC1CC1)NC(=O)[C@@H]1C[C@]2(CC(c3cc(C)c(OC)c(C)c3)=NO2)CN1C(=O)[C@@H](NC(=O)C1CC1c1ccccc1)C(C)(C)C. The molecule has 2 aromatic carbocycles. The van der Waals surface area contributed by atoms with Gasteiger partial charge in [-0.15, -0.1) is 0 Å². The Bertz CT molecular complexity index is 1760. The second-order valence-corrected chi connectivity index (χ2v) is 16.2. The molecule has 278 valence electrons. The molecule has 2 unspecified atom stereocenters. The predicted molar refractivity (Wildman–Crippen MR) is 195 cm³/mol. The van der Waals surface area contributed by atoms with E-state index in [1.165, 1.54) is 11.9 Å². The molecule has 1 saturated heterocycles. The average molecular weight is 714 g/mol. The number of likely N-dealkylation sites (N-methyl/N-ethyl adjacent to an activating group) is 1. The van der Waals surface area contributed by atoms with Crippen molar-refractivity contribution < 1.29 is 33.5 Å². The van der Waals surface area contributed by atoms with Crippen molar-refractivity contribution in [3.8, 4) is 5.75 Å². The fourth-order valence-electron chi connectivity index (χ4n) is 7.81. The smallest absolute Gasteiger partial charge is 0.289 e. The Labute approximate surface area is 305 Å². The lowest BCUT2D eigenvalue weighted by atomic mass is 9.85. The topological polar surface area (TPSA) is 156 Å². The number of aryl methyl sites for hydroxylation is 2. The van der Waals surface area contributed by atoms with Crippen LogP contribution in [0.2, 0.25) is 0 Å². The summed E-state index contributed by atoms with van der Waals surface area (Å²) in [5, 5.41) is 12.7. The molecule has 12 heteroatoms. The Kier molecular flexibility index (Phi) is 10.2. The molecule has 2 aliphatic carbocycles. The summed E-state index contributed by atoms with van der Waals surface area (Å²) in [5.41, 5.74) is 2.79. The van der Waals surface area contributed by atoms with E-state index in [-0.39, 0.29) is 36.6 Å². The van der Waals surface area contributed by atoms with Crippen LogP contribution in [-0.4, -0.2) is 84.5 Å². The molecule has 2 heterocycles. The molecule has 6 atom stereocenters. The van der Waals surface area contributed by atoms with Crippen LogP contribution >= 0.6 is 0 Å². The van der Waals surface area contributed by atoms with Gasteiger partial charge in [0.05, 0.1) is 25.4 Å². The van der Waals surface area contributed by atoms with Gasteiger partial charge in [-0.2, -0.15) is 0 Å². The third-order valence-electron chi connectivity index (χ3n) is 10.9. The van der Waals surface area contributed by atoms with Crippen LogP contribution in [0.1, 0.15) is 87.5 Å². The van der Waals surface area contributed by atoms with Gasteiger partial charge in [-0.05, 0) is 72.8 Å². The molecular formula is C40H51N5O7. The molecule has 3 fully saturated rings. The highest BCUT2D eigenvalue weighted by Gasteiger charge is 2.56. The van der Waals surface area contributed by atoms with E-state index in [4.69, 9.17) is 9.57 Å². The summed E-state index contributed by atoms with van der Waals surface area (Å²) >= 11 is 0. The van der Waals surface area contributed by atoms with E-state index in [1.807, 2.05) is 77.1 Å². The molecule has 2 aromatic rings. The molecule has 12 nitrogen and oxygen atoms in total. The van der Waals surface area contributed by atoms with Crippen LogP contribution in [0.3, 0.4) is 0 Å². The molecule has 4 aliphatic rings. The number of carbonyl (C=O) groups is 5.